The lowest BCUT2D eigenvalue weighted by atomic mass is 9.81. The first-order chi connectivity index (χ1) is 10.1. The number of hydrogen-bond donors (Lipinski definition) is 2. The van der Waals surface area contributed by atoms with Gasteiger partial charge in [0.2, 0.25) is 0 Å². The third kappa shape index (κ3) is 2.90. The Kier molecular flexibility index (Phi) is 3.87. The zero-order valence-electron chi connectivity index (χ0n) is 12.4. The number of aryl methyl sites for hydroxylation is 1. The molecule has 2 aromatic carbocycles. The van der Waals surface area contributed by atoms with Crippen molar-refractivity contribution in [3.63, 3.8) is 0 Å². The molecule has 1 fully saturated rings. The third-order valence-corrected chi connectivity index (χ3v) is 4.53. The van der Waals surface area contributed by atoms with Crippen LogP contribution in [0.5, 0.6) is 11.5 Å². The highest BCUT2D eigenvalue weighted by atomic mass is 16.3. The monoisotopic (exact) mass is 281 g/mol. The van der Waals surface area contributed by atoms with Gasteiger partial charge in [-0.15, -0.1) is 0 Å². The second-order valence-corrected chi connectivity index (χ2v) is 6.02. The summed E-state index contributed by atoms with van der Waals surface area (Å²) in [4.78, 5) is 0. The minimum atomic E-state index is 0.103. The molecule has 109 valence electrons. The zero-order valence-corrected chi connectivity index (χ0v) is 12.4. The standard InChI is InChI=1S/C19H21O2/c1-13-10-19(21)18(15-8-5-9-16(20)11-15)12-17(13)14-6-3-2-4-7-14/h5,8,10-12,14,20-21H,2-4,6-7H2,1H3. The van der Waals surface area contributed by atoms with Crippen LogP contribution in [0.15, 0.2) is 30.3 Å². The van der Waals surface area contributed by atoms with Gasteiger partial charge in [0.25, 0.3) is 0 Å². The Hall–Kier alpha value is -1.96. The zero-order chi connectivity index (χ0) is 14.8. The second-order valence-electron chi connectivity index (χ2n) is 6.02. The molecule has 1 radical (unpaired) electrons. The number of rotatable bonds is 2. The lowest BCUT2D eigenvalue weighted by Crippen LogP contribution is -2.06. The number of hydrogen-bond acceptors (Lipinski definition) is 2. The van der Waals surface area contributed by atoms with Crippen LogP contribution in [0, 0.1) is 13.0 Å². The molecule has 0 spiro atoms. The van der Waals surface area contributed by atoms with E-state index < -0.39 is 0 Å². The summed E-state index contributed by atoms with van der Waals surface area (Å²) in [6.45, 7) is 2.07. The molecular formula is C19H21O2. The van der Waals surface area contributed by atoms with Gasteiger partial charge in [-0.2, -0.15) is 0 Å². The van der Waals surface area contributed by atoms with E-state index in [-0.39, 0.29) is 11.5 Å². The summed E-state index contributed by atoms with van der Waals surface area (Å²) in [6.07, 6.45) is 6.39. The van der Waals surface area contributed by atoms with Crippen LogP contribution in [0.2, 0.25) is 0 Å². The molecule has 1 aliphatic carbocycles. The molecule has 3 rings (SSSR count). The van der Waals surface area contributed by atoms with Crippen molar-refractivity contribution >= 4 is 0 Å². The maximum atomic E-state index is 10.3. The summed E-state index contributed by atoms with van der Waals surface area (Å²) < 4.78 is 0. The molecule has 0 atom stereocenters. The van der Waals surface area contributed by atoms with E-state index in [0.29, 0.717) is 5.92 Å². The Morgan fingerprint density at radius 2 is 1.81 bits per heavy atom. The van der Waals surface area contributed by atoms with Gasteiger partial charge in [0.05, 0.1) is 0 Å². The van der Waals surface area contributed by atoms with Gasteiger partial charge in [-0.1, -0.05) is 25.3 Å². The van der Waals surface area contributed by atoms with E-state index >= 15 is 0 Å². The molecule has 2 aromatic rings. The van der Waals surface area contributed by atoms with Crippen molar-refractivity contribution in [1.82, 2.24) is 0 Å². The van der Waals surface area contributed by atoms with Gasteiger partial charge in [-0.3, -0.25) is 0 Å². The van der Waals surface area contributed by atoms with E-state index in [1.165, 1.54) is 37.7 Å². The number of phenolic OH excluding ortho intramolecular Hbond substituents is 2. The predicted molar refractivity (Wildman–Crippen MR) is 84.6 cm³/mol. The molecule has 0 heterocycles. The van der Waals surface area contributed by atoms with E-state index in [4.69, 9.17) is 0 Å². The fourth-order valence-electron chi connectivity index (χ4n) is 3.42. The maximum absolute atomic E-state index is 10.3. The topological polar surface area (TPSA) is 40.5 Å². The number of phenols is 2. The first-order valence-corrected chi connectivity index (χ1v) is 7.70. The van der Waals surface area contributed by atoms with Gasteiger partial charge in [-0.25, -0.2) is 0 Å². The van der Waals surface area contributed by atoms with Gasteiger partial charge >= 0.3 is 0 Å². The van der Waals surface area contributed by atoms with Crippen LogP contribution >= 0.6 is 0 Å². The van der Waals surface area contributed by atoms with Gasteiger partial charge in [0.1, 0.15) is 11.5 Å². The van der Waals surface area contributed by atoms with Crippen molar-refractivity contribution < 1.29 is 10.2 Å². The Morgan fingerprint density at radius 3 is 2.52 bits per heavy atom. The molecule has 1 aliphatic rings. The SMILES string of the molecule is Cc1cc(O)c(-c2cc[c]c(O)c2)cc1C1CCCCC1. The minimum Gasteiger partial charge on any atom is -0.507 e. The summed E-state index contributed by atoms with van der Waals surface area (Å²) in [5.74, 6) is 0.978. The molecule has 2 nitrogen and oxygen atoms in total. The Balaban J connectivity index is 2.04. The van der Waals surface area contributed by atoms with E-state index in [2.05, 4.69) is 19.1 Å². The van der Waals surface area contributed by atoms with Crippen LogP contribution in [-0.4, -0.2) is 10.2 Å². The average Bonchev–Trinajstić information content (AvgIpc) is 2.48. The molecule has 2 N–H and O–H groups in total. The van der Waals surface area contributed by atoms with E-state index in [1.807, 2.05) is 12.1 Å². The third-order valence-electron chi connectivity index (χ3n) is 4.53. The quantitative estimate of drug-likeness (QED) is 0.820. The molecule has 0 amide bonds. The fourth-order valence-corrected chi connectivity index (χ4v) is 3.42. The van der Waals surface area contributed by atoms with Crippen molar-refractivity contribution in [2.24, 2.45) is 0 Å². The Labute approximate surface area is 126 Å². The Bertz CT molecular complexity index is 640. The van der Waals surface area contributed by atoms with Crippen molar-refractivity contribution in [3.8, 4) is 22.6 Å². The van der Waals surface area contributed by atoms with Gasteiger partial charge < -0.3 is 10.2 Å². The summed E-state index contributed by atoms with van der Waals surface area (Å²) in [7, 11) is 0. The van der Waals surface area contributed by atoms with Crippen molar-refractivity contribution in [3.05, 3.63) is 47.5 Å². The lowest BCUT2D eigenvalue weighted by Gasteiger charge is -2.24. The highest BCUT2D eigenvalue weighted by Gasteiger charge is 2.19. The highest BCUT2D eigenvalue weighted by molar-refractivity contribution is 5.72. The summed E-state index contributed by atoms with van der Waals surface area (Å²) in [5, 5.41) is 19.9. The smallest absolute Gasteiger partial charge is 0.124 e. The molecule has 1 saturated carbocycles. The molecule has 2 heteroatoms. The van der Waals surface area contributed by atoms with Gasteiger partial charge in [0, 0.05) is 11.6 Å². The normalized spacial score (nSPS) is 16.0. The molecular weight excluding hydrogens is 260 g/mol. The van der Waals surface area contributed by atoms with Gasteiger partial charge in [-0.05, 0) is 66.6 Å². The van der Waals surface area contributed by atoms with Crippen LogP contribution < -0.4 is 0 Å². The molecule has 0 saturated heterocycles. The van der Waals surface area contributed by atoms with Crippen LogP contribution in [-0.2, 0) is 0 Å². The molecule has 0 aliphatic heterocycles. The van der Waals surface area contributed by atoms with E-state index in [9.17, 15) is 10.2 Å². The van der Waals surface area contributed by atoms with Crippen molar-refractivity contribution in [1.29, 1.82) is 0 Å². The van der Waals surface area contributed by atoms with Crippen molar-refractivity contribution in [2.75, 3.05) is 0 Å². The summed E-state index contributed by atoms with van der Waals surface area (Å²) in [5.41, 5.74) is 4.14. The molecule has 21 heavy (non-hydrogen) atoms. The number of aromatic hydroxyl groups is 2. The van der Waals surface area contributed by atoms with E-state index in [0.717, 1.165) is 16.7 Å². The molecule has 0 aromatic heterocycles. The first-order valence-electron chi connectivity index (χ1n) is 7.70. The van der Waals surface area contributed by atoms with Crippen LogP contribution in [0.25, 0.3) is 11.1 Å². The molecule has 0 unspecified atom stereocenters. The maximum Gasteiger partial charge on any atom is 0.124 e. The number of benzene rings is 2. The fraction of sp³-hybridized carbons (Fsp3) is 0.368. The van der Waals surface area contributed by atoms with E-state index in [1.54, 1.807) is 12.1 Å². The predicted octanol–water partition coefficient (Wildman–Crippen LogP) is 4.92. The lowest BCUT2D eigenvalue weighted by molar-refractivity contribution is 0.440. The minimum absolute atomic E-state index is 0.103. The highest BCUT2D eigenvalue weighted by Crippen LogP contribution is 2.40. The largest absolute Gasteiger partial charge is 0.507 e. The summed E-state index contributed by atoms with van der Waals surface area (Å²) in [6, 6.07) is 11.9. The average molecular weight is 281 g/mol. The first kappa shape index (κ1) is 14.0. The second kappa shape index (κ2) is 5.80. The summed E-state index contributed by atoms with van der Waals surface area (Å²) >= 11 is 0. The Morgan fingerprint density at radius 1 is 1.05 bits per heavy atom. The van der Waals surface area contributed by atoms with Crippen molar-refractivity contribution in [2.45, 2.75) is 44.9 Å². The van der Waals surface area contributed by atoms with Gasteiger partial charge in [0.15, 0.2) is 0 Å². The van der Waals surface area contributed by atoms with Crippen LogP contribution in [0.1, 0.15) is 49.1 Å². The molecule has 0 bridgehead atoms. The van der Waals surface area contributed by atoms with Crippen LogP contribution in [0.4, 0.5) is 0 Å². The van der Waals surface area contributed by atoms with Crippen LogP contribution in [0.3, 0.4) is 0 Å².